The SMILES string of the molecule is COc1ccc(CC2CCN(C(=O)Nc3ccccc3)C(N)C2)cc1. The minimum atomic E-state index is -0.249. The van der Waals surface area contributed by atoms with Gasteiger partial charge in [0.1, 0.15) is 5.75 Å². The summed E-state index contributed by atoms with van der Waals surface area (Å²) in [7, 11) is 1.67. The van der Waals surface area contributed by atoms with Crippen molar-refractivity contribution in [2.24, 2.45) is 11.7 Å². The van der Waals surface area contributed by atoms with Gasteiger partial charge in [0.2, 0.25) is 0 Å². The van der Waals surface area contributed by atoms with Crippen LogP contribution in [0, 0.1) is 5.92 Å². The number of hydrogen-bond acceptors (Lipinski definition) is 3. The maximum atomic E-state index is 12.4. The van der Waals surface area contributed by atoms with Crippen LogP contribution in [0.4, 0.5) is 10.5 Å². The van der Waals surface area contributed by atoms with Gasteiger partial charge < -0.3 is 20.7 Å². The number of amides is 2. The molecule has 132 valence electrons. The molecule has 3 N–H and O–H groups in total. The lowest BCUT2D eigenvalue weighted by molar-refractivity contribution is 0.139. The third-order valence-corrected chi connectivity index (χ3v) is 4.72. The number of nitrogens with one attached hydrogen (secondary N) is 1. The number of ether oxygens (including phenoxy) is 1. The first kappa shape index (κ1) is 17.3. The predicted molar refractivity (Wildman–Crippen MR) is 99.6 cm³/mol. The Morgan fingerprint density at radius 1 is 1.20 bits per heavy atom. The Morgan fingerprint density at radius 3 is 2.56 bits per heavy atom. The Labute approximate surface area is 148 Å². The second kappa shape index (κ2) is 8.03. The number of nitrogens with two attached hydrogens (primary N) is 1. The van der Waals surface area contributed by atoms with E-state index in [1.807, 2.05) is 42.5 Å². The van der Waals surface area contributed by atoms with E-state index >= 15 is 0 Å². The second-order valence-corrected chi connectivity index (χ2v) is 6.50. The molecule has 1 aliphatic rings. The molecule has 5 nitrogen and oxygen atoms in total. The standard InChI is InChI=1S/C20H25N3O2/c1-25-18-9-7-15(8-10-18)13-16-11-12-23(19(21)14-16)20(24)22-17-5-3-2-4-6-17/h2-10,16,19H,11-14,21H2,1H3,(H,22,24). The zero-order chi connectivity index (χ0) is 17.6. The molecule has 0 radical (unpaired) electrons. The van der Waals surface area contributed by atoms with Crippen LogP contribution in [0.1, 0.15) is 18.4 Å². The topological polar surface area (TPSA) is 67.6 Å². The van der Waals surface area contributed by atoms with Crippen LogP contribution in [0.25, 0.3) is 0 Å². The summed E-state index contributed by atoms with van der Waals surface area (Å²) in [5.41, 5.74) is 8.34. The van der Waals surface area contributed by atoms with Crippen molar-refractivity contribution in [3.05, 3.63) is 60.2 Å². The summed E-state index contributed by atoms with van der Waals surface area (Å²) < 4.78 is 5.19. The Bertz CT molecular complexity index is 688. The summed E-state index contributed by atoms with van der Waals surface area (Å²) in [6.45, 7) is 0.681. The number of methoxy groups -OCH3 is 1. The smallest absolute Gasteiger partial charge is 0.323 e. The molecule has 2 amide bonds. The highest BCUT2D eigenvalue weighted by atomic mass is 16.5. The predicted octanol–water partition coefficient (Wildman–Crippen LogP) is 3.47. The van der Waals surface area contributed by atoms with Crippen molar-refractivity contribution in [2.45, 2.75) is 25.4 Å². The molecular formula is C20H25N3O2. The molecule has 2 aromatic carbocycles. The summed E-state index contributed by atoms with van der Waals surface area (Å²) in [5.74, 6) is 1.36. The molecular weight excluding hydrogens is 314 g/mol. The van der Waals surface area contributed by atoms with Crippen molar-refractivity contribution in [1.29, 1.82) is 0 Å². The number of likely N-dealkylation sites (tertiary alicyclic amines) is 1. The fourth-order valence-corrected chi connectivity index (χ4v) is 3.32. The quantitative estimate of drug-likeness (QED) is 0.896. The van der Waals surface area contributed by atoms with Gasteiger partial charge >= 0.3 is 6.03 Å². The lowest BCUT2D eigenvalue weighted by atomic mass is 9.89. The van der Waals surface area contributed by atoms with Gasteiger partial charge in [0.05, 0.1) is 13.3 Å². The highest BCUT2D eigenvalue weighted by Gasteiger charge is 2.29. The number of urea groups is 1. The first-order valence-corrected chi connectivity index (χ1v) is 8.67. The van der Waals surface area contributed by atoms with Crippen LogP contribution in [0.15, 0.2) is 54.6 Å². The first-order valence-electron chi connectivity index (χ1n) is 8.67. The lowest BCUT2D eigenvalue weighted by Crippen LogP contribution is -2.52. The number of carbonyl (C=O) groups excluding carboxylic acids is 1. The molecule has 0 saturated carbocycles. The summed E-state index contributed by atoms with van der Waals surface area (Å²) in [6, 6.07) is 17.5. The fourth-order valence-electron chi connectivity index (χ4n) is 3.32. The molecule has 5 heteroatoms. The monoisotopic (exact) mass is 339 g/mol. The van der Waals surface area contributed by atoms with E-state index in [-0.39, 0.29) is 12.2 Å². The van der Waals surface area contributed by atoms with Crippen molar-refractivity contribution in [1.82, 2.24) is 4.90 Å². The van der Waals surface area contributed by atoms with Gasteiger partial charge in [0, 0.05) is 12.2 Å². The lowest BCUT2D eigenvalue weighted by Gasteiger charge is -2.37. The van der Waals surface area contributed by atoms with E-state index < -0.39 is 0 Å². The highest BCUT2D eigenvalue weighted by molar-refractivity contribution is 5.89. The van der Waals surface area contributed by atoms with E-state index in [0.717, 1.165) is 30.7 Å². The van der Waals surface area contributed by atoms with Gasteiger partial charge in [-0.3, -0.25) is 0 Å². The molecule has 0 spiro atoms. The largest absolute Gasteiger partial charge is 0.497 e. The van der Waals surface area contributed by atoms with Crippen LogP contribution in [0.3, 0.4) is 0 Å². The number of piperidine rings is 1. The molecule has 1 saturated heterocycles. The van der Waals surface area contributed by atoms with Gasteiger partial charge in [-0.15, -0.1) is 0 Å². The molecule has 2 aromatic rings. The molecule has 0 aromatic heterocycles. The minimum absolute atomic E-state index is 0.124. The van der Waals surface area contributed by atoms with Crippen LogP contribution in [0.5, 0.6) is 5.75 Å². The molecule has 1 fully saturated rings. The minimum Gasteiger partial charge on any atom is -0.497 e. The van der Waals surface area contributed by atoms with Crippen molar-refractivity contribution >= 4 is 11.7 Å². The van der Waals surface area contributed by atoms with Gasteiger partial charge in [0.25, 0.3) is 0 Å². The van der Waals surface area contributed by atoms with Crippen LogP contribution < -0.4 is 15.8 Å². The van der Waals surface area contributed by atoms with E-state index in [9.17, 15) is 4.79 Å². The summed E-state index contributed by atoms with van der Waals surface area (Å²) in [5, 5.41) is 2.91. The third-order valence-electron chi connectivity index (χ3n) is 4.72. The molecule has 1 aliphatic heterocycles. The van der Waals surface area contributed by atoms with E-state index in [0.29, 0.717) is 12.5 Å². The normalized spacial score (nSPS) is 20.2. The van der Waals surface area contributed by atoms with Gasteiger partial charge in [-0.2, -0.15) is 0 Å². The van der Waals surface area contributed by atoms with E-state index in [2.05, 4.69) is 17.4 Å². The summed E-state index contributed by atoms with van der Waals surface area (Å²) >= 11 is 0. The summed E-state index contributed by atoms with van der Waals surface area (Å²) in [4.78, 5) is 14.2. The highest BCUT2D eigenvalue weighted by Crippen LogP contribution is 2.25. The van der Waals surface area contributed by atoms with E-state index in [4.69, 9.17) is 10.5 Å². The maximum absolute atomic E-state index is 12.4. The van der Waals surface area contributed by atoms with Crippen LogP contribution >= 0.6 is 0 Å². The maximum Gasteiger partial charge on any atom is 0.323 e. The number of hydrogen-bond donors (Lipinski definition) is 2. The molecule has 2 unspecified atom stereocenters. The Morgan fingerprint density at radius 2 is 1.92 bits per heavy atom. The van der Waals surface area contributed by atoms with Crippen molar-refractivity contribution in [3.8, 4) is 5.75 Å². The molecule has 2 atom stereocenters. The van der Waals surface area contributed by atoms with Crippen LogP contribution in [0.2, 0.25) is 0 Å². The number of carbonyl (C=O) groups is 1. The average molecular weight is 339 g/mol. The van der Waals surface area contributed by atoms with Gasteiger partial charge in [-0.05, 0) is 55.0 Å². The van der Waals surface area contributed by atoms with Gasteiger partial charge in [-0.25, -0.2) is 4.79 Å². The molecule has 0 aliphatic carbocycles. The van der Waals surface area contributed by atoms with Crippen molar-refractivity contribution < 1.29 is 9.53 Å². The van der Waals surface area contributed by atoms with Crippen molar-refractivity contribution in [2.75, 3.05) is 19.0 Å². The molecule has 0 bridgehead atoms. The number of benzene rings is 2. The fraction of sp³-hybridized carbons (Fsp3) is 0.350. The number of nitrogens with zero attached hydrogens (tertiary/aromatic N) is 1. The van der Waals surface area contributed by atoms with Gasteiger partial charge in [-0.1, -0.05) is 30.3 Å². The van der Waals surface area contributed by atoms with Crippen LogP contribution in [-0.2, 0) is 6.42 Å². The number of rotatable bonds is 4. The molecule has 3 rings (SSSR count). The summed E-state index contributed by atoms with van der Waals surface area (Å²) in [6.07, 6.45) is 2.50. The van der Waals surface area contributed by atoms with Gasteiger partial charge in [0.15, 0.2) is 0 Å². The Hall–Kier alpha value is -2.53. The van der Waals surface area contributed by atoms with Crippen LogP contribution in [-0.4, -0.2) is 30.8 Å². The average Bonchev–Trinajstić information content (AvgIpc) is 2.63. The number of para-hydroxylation sites is 1. The Kier molecular flexibility index (Phi) is 5.56. The third kappa shape index (κ3) is 4.51. The zero-order valence-electron chi connectivity index (χ0n) is 14.5. The zero-order valence-corrected chi connectivity index (χ0v) is 14.5. The van der Waals surface area contributed by atoms with E-state index in [1.54, 1.807) is 12.0 Å². The molecule has 25 heavy (non-hydrogen) atoms. The van der Waals surface area contributed by atoms with Crippen molar-refractivity contribution in [3.63, 3.8) is 0 Å². The molecule has 1 heterocycles. The number of anilines is 1. The first-order chi connectivity index (χ1) is 12.2. The Balaban J connectivity index is 1.53. The second-order valence-electron chi connectivity index (χ2n) is 6.50. The van der Waals surface area contributed by atoms with E-state index in [1.165, 1.54) is 5.56 Å².